The first-order valence-electron chi connectivity index (χ1n) is 11.6. The number of benzene rings is 1. The van der Waals surface area contributed by atoms with Gasteiger partial charge in [-0.3, -0.25) is 4.79 Å². The molecule has 1 unspecified atom stereocenters. The van der Waals surface area contributed by atoms with Crippen molar-refractivity contribution in [3.8, 4) is 0 Å². The minimum atomic E-state index is -0.489. The van der Waals surface area contributed by atoms with E-state index in [1.54, 1.807) is 0 Å². The number of rotatable bonds is 3. The second kappa shape index (κ2) is 8.12. The van der Waals surface area contributed by atoms with Crippen LogP contribution in [0.25, 0.3) is 0 Å². The van der Waals surface area contributed by atoms with Crippen LogP contribution in [0, 0.1) is 5.82 Å². The van der Waals surface area contributed by atoms with Crippen molar-refractivity contribution in [3.05, 3.63) is 47.3 Å². The van der Waals surface area contributed by atoms with E-state index in [9.17, 15) is 9.18 Å². The minimum absolute atomic E-state index is 0.229. The van der Waals surface area contributed by atoms with Gasteiger partial charge in [-0.2, -0.15) is 0 Å². The van der Waals surface area contributed by atoms with E-state index < -0.39 is 5.41 Å². The standard InChI is InChI=1S/C24H31FN4O/c25-20-11-9-19(10-12-20)24(13-3-4-14-24)23(30)28-15-6-7-18(17-28)22-27-26-21-8-2-1-5-16-29(21)22/h9-12,18H,1-8,13-17H2. The lowest BCUT2D eigenvalue weighted by molar-refractivity contribution is -0.138. The second-order valence-corrected chi connectivity index (χ2v) is 9.32. The summed E-state index contributed by atoms with van der Waals surface area (Å²) < 4.78 is 15.8. The molecule has 0 N–H and O–H groups in total. The molecule has 2 fully saturated rings. The molecule has 5 nitrogen and oxygen atoms in total. The number of halogens is 1. The fraction of sp³-hybridized carbons (Fsp3) is 0.625. The zero-order valence-electron chi connectivity index (χ0n) is 17.7. The quantitative estimate of drug-likeness (QED) is 0.755. The van der Waals surface area contributed by atoms with Gasteiger partial charge in [0.05, 0.1) is 5.41 Å². The Kier molecular flexibility index (Phi) is 5.34. The number of piperidine rings is 1. The molecule has 0 radical (unpaired) electrons. The van der Waals surface area contributed by atoms with Crippen molar-refractivity contribution < 1.29 is 9.18 Å². The molecule has 160 valence electrons. The molecule has 3 heterocycles. The van der Waals surface area contributed by atoms with Gasteiger partial charge in [-0.1, -0.05) is 31.4 Å². The summed E-state index contributed by atoms with van der Waals surface area (Å²) in [7, 11) is 0. The van der Waals surface area contributed by atoms with Crippen LogP contribution in [0.3, 0.4) is 0 Å². The van der Waals surface area contributed by atoms with Crippen LogP contribution in [0.1, 0.15) is 80.9 Å². The third-order valence-electron chi connectivity index (χ3n) is 7.48. The van der Waals surface area contributed by atoms with Crippen LogP contribution in [-0.2, 0) is 23.2 Å². The lowest BCUT2D eigenvalue weighted by Gasteiger charge is -2.39. The van der Waals surface area contributed by atoms with Crippen molar-refractivity contribution in [2.45, 2.75) is 82.1 Å². The third kappa shape index (κ3) is 3.44. The summed E-state index contributed by atoms with van der Waals surface area (Å²) in [4.78, 5) is 15.9. The molecule has 0 bridgehead atoms. The molecule has 2 aromatic rings. The van der Waals surface area contributed by atoms with Crippen molar-refractivity contribution in [2.24, 2.45) is 0 Å². The van der Waals surface area contributed by atoms with Crippen molar-refractivity contribution in [1.29, 1.82) is 0 Å². The number of carbonyl (C=O) groups excluding carboxylic acids is 1. The topological polar surface area (TPSA) is 51.0 Å². The molecule has 1 aliphatic carbocycles. The number of aryl methyl sites for hydroxylation is 1. The third-order valence-corrected chi connectivity index (χ3v) is 7.48. The molecule has 1 atom stereocenters. The summed E-state index contributed by atoms with van der Waals surface area (Å²) in [5, 5.41) is 9.06. The van der Waals surface area contributed by atoms with Gasteiger partial charge >= 0.3 is 0 Å². The fourth-order valence-corrected chi connectivity index (χ4v) is 5.86. The number of hydrogen-bond acceptors (Lipinski definition) is 3. The number of hydrogen-bond donors (Lipinski definition) is 0. The van der Waals surface area contributed by atoms with E-state index in [4.69, 9.17) is 0 Å². The molecule has 30 heavy (non-hydrogen) atoms. The van der Waals surface area contributed by atoms with Crippen LogP contribution in [0.2, 0.25) is 0 Å². The van der Waals surface area contributed by atoms with Gasteiger partial charge < -0.3 is 9.47 Å². The first kappa shape index (κ1) is 19.7. The fourth-order valence-electron chi connectivity index (χ4n) is 5.86. The first-order valence-corrected chi connectivity index (χ1v) is 11.6. The number of nitrogens with zero attached hydrogens (tertiary/aromatic N) is 4. The molecule has 1 amide bonds. The molecule has 3 aliphatic rings. The van der Waals surface area contributed by atoms with E-state index in [-0.39, 0.29) is 17.6 Å². The Labute approximate surface area is 177 Å². The minimum Gasteiger partial charge on any atom is -0.341 e. The van der Waals surface area contributed by atoms with Gasteiger partial charge in [0.15, 0.2) is 0 Å². The Balaban J connectivity index is 1.39. The van der Waals surface area contributed by atoms with Gasteiger partial charge in [-0.15, -0.1) is 10.2 Å². The lowest BCUT2D eigenvalue weighted by atomic mass is 9.77. The van der Waals surface area contributed by atoms with E-state index in [1.165, 1.54) is 31.4 Å². The Morgan fingerprint density at radius 1 is 0.967 bits per heavy atom. The summed E-state index contributed by atoms with van der Waals surface area (Å²) in [6, 6.07) is 6.62. The monoisotopic (exact) mass is 410 g/mol. The SMILES string of the molecule is O=C(N1CCCC(c2nnc3n2CCCCC3)C1)C1(c2ccc(F)cc2)CCCC1. The van der Waals surface area contributed by atoms with Gasteiger partial charge in [0, 0.05) is 32.0 Å². The van der Waals surface area contributed by atoms with E-state index in [0.717, 1.165) is 81.8 Å². The summed E-state index contributed by atoms with van der Waals surface area (Å²) in [5.74, 6) is 2.43. The van der Waals surface area contributed by atoms with Crippen LogP contribution in [0.15, 0.2) is 24.3 Å². The van der Waals surface area contributed by atoms with Crippen LogP contribution >= 0.6 is 0 Å². The van der Waals surface area contributed by atoms with Crippen LogP contribution in [0.4, 0.5) is 4.39 Å². The maximum absolute atomic E-state index is 13.9. The van der Waals surface area contributed by atoms with Crippen molar-refractivity contribution >= 4 is 5.91 Å². The van der Waals surface area contributed by atoms with E-state index in [2.05, 4.69) is 19.7 Å². The molecule has 1 saturated carbocycles. The summed E-state index contributed by atoms with van der Waals surface area (Å²) in [5.41, 5.74) is 0.488. The number of fused-ring (bicyclic) bond motifs is 1. The van der Waals surface area contributed by atoms with E-state index in [0.29, 0.717) is 0 Å². The predicted molar refractivity (Wildman–Crippen MR) is 113 cm³/mol. The Morgan fingerprint density at radius 3 is 2.57 bits per heavy atom. The molecule has 6 heteroatoms. The number of likely N-dealkylation sites (tertiary alicyclic amines) is 1. The van der Waals surface area contributed by atoms with E-state index >= 15 is 0 Å². The van der Waals surface area contributed by atoms with Gasteiger partial charge in [-0.25, -0.2) is 4.39 Å². The van der Waals surface area contributed by atoms with Crippen molar-refractivity contribution in [1.82, 2.24) is 19.7 Å². The molecule has 1 aromatic heterocycles. The highest BCUT2D eigenvalue weighted by molar-refractivity contribution is 5.88. The summed E-state index contributed by atoms with van der Waals surface area (Å²) >= 11 is 0. The smallest absolute Gasteiger partial charge is 0.233 e. The molecule has 5 rings (SSSR count). The zero-order chi connectivity index (χ0) is 20.6. The number of carbonyl (C=O) groups is 1. The second-order valence-electron chi connectivity index (χ2n) is 9.32. The highest BCUT2D eigenvalue weighted by Gasteiger charge is 2.46. The van der Waals surface area contributed by atoms with E-state index in [1.807, 2.05) is 12.1 Å². The molecule has 1 aromatic carbocycles. The van der Waals surface area contributed by atoms with Gasteiger partial charge in [0.2, 0.25) is 5.91 Å². The van der Waals surface area contributed by atoms with Crippen molar-refractivity contribution in [2.75, 3.05) is 13.1 Å². The average molecular weight is 411 g/mol. The normalized spacial score (nSPS) is 23.8. The molecular formula is C24H31FN4O. The van der Waals surface area contributed by atoms with Crippen LogP contribution < -0.4 is 0 Å². The Bertz CT molecular complexity index is 900. The molecular weight excluding hydrogens is 379 g/mol. The van der Waals surface area contributed by atoms with Gasteiger partial charge in [0.25, 0.3) is 0 Å². The largest absolute Gasteiger partial charge is 0.341 e. The number of aromatic nitrogens is 3. The zero-order valence-corrected chi connectivity index (χ0v) is 17.7. The first-order chi connectivity index (χ1) is 14.7. The molecule has 2 aliphatic heterocycles. The van der Waals surface area contributed by atoms with Crippen molar-refractivity contribution in [3.63, 3.8) is 0 Å². The van der Waals surface area contributed by atoms with Gasteiger partial charge in [-0.05, 0) is 56.2 Å². The molecule has 0 spiro atoms. The van der Waals surface area contributed by atoms with Crippen LogP contribution in [0.5, 0.6) is 0 Å². The number of amides is 1. The summed E-state index contributed by atoms with van der Waals surface area (Å²) in [6.07, 6.45) is 10.5. The van der Waals surface area contributed by atoms with Crippen LogP contribution in [-0.4, -0.2) is 38.7 Å². The maximum atomic E-state index is 13.9. The Morgan fingerprint density at radius 2 is 1.77 bits per heavy atom. The Hall–Kier alpha value is -2.24. The lowest BCUT2D eigenvalue weighted by Crippen LogP contribution is -2.49. The highest BCUT2D eigenvalue weighted by atomic mass is 19.1. The molecule has 1 saturated heterocycles. The summed E-state index contributed by atoms with van der Waals surface area (Å²) in [6.45, 7) is 2.53. The highest BCUT2D eigenvalue weighted by Crippen LogP contribution is 2.43. The van der Waals surface area contributed by atoms with Gasteiger partial charge in [0.1, 0.15) is 17.5 Å². The average Bonchev–Trinajstić information content (AvgIpc) is 3.36. The predicted octanol–water partition coefficient (Wildman–Crippen LogP) is 4.36. The maximum Gasteiger partial charge on any atom is 0.233 e.